The molecule has 1 N–H and O–H groups in total. The van der Waals surface area contributed by atoms with E-state index in [9.17, 15) is 0 Å². The smallest absolute Gasteiger partial charge is 0.209 e. The summed E-state index contributed by atoms with van der Waals surface area (Å²) >= 11 is 1.59. The van der Waals surface area contributed by atoms with Gasteiger partial charge in [0.05, 0.1) is 53.0 Å². The monoisotopic (exact) mass is 458 g/mol. The maximum absolute atomic E-state index is 9.14. The van der Waals surface area contributed by atoms with E-state index in [1.807, 2.05) is 30.5 Å². The van der Waals surface area contributed by atoms with E-state index in [2.05, 4.69) is 45.4 Å². The van der Waals surface area contributed by atoms with Crippen LogP contribution in [-0.4, -0.2) is 56.1 Å². The topological polar surface area (TPSA) is 104 Å². The second-order valence-electron chi connectivity index (χ2n) is 8.71. The zero-order valence-corrected chi connectivity index (χ0v) is 19.1. The van der Waals surface area contributed by atoms with Gasteiger partial charge < -0.3 is 15.0 Å². The van der Waals surface area contributed by atoms with Crippen molar-refractivity contribution < 1.29 is 4.74 Å². The number of rotatable bonds is 5. The first-order valence-electron chi connectivity index (χ1n) is 11.0. The summed E-state index contributed by atoms with van der Waals surface area (Å²) in [6.45, 7) is 5.86. The Bertz CT molecular complexity index is 1390. The Morgan fingerprint density at radius 1 is 1.24 bits per heavy atom. The number of nitrogens with one attached hydrogen (secondary N) is 1. The highest BCUT2D eigenvalue weighted by molar-refractivity contribution is 7.18. The molecule has 2 fully saturated rings. The van der Waals surface area contributed by atoms with E-state index in [4.69, 9.17) is 15.0 Å². The molecular weight excluding hydrogens is 436 g/mol. The molecule has 2 bridgehead atoms. The van der Waals surface area contributed by atoms with Crippen molar-refractivity contribution in [3.05, 3.63) is 42.2 Å². The van der Waals surface area contributed by atoms with Crippen molar-refractivity contribution in [2.45, 2.75) is 38.5 Å². The maximum atomic E-state index is 9.14. The van der Waals surface area contributed by atoms with Crippen molar-refractivity contribution >= 4 is 27.7 Å². The van der Waals surface area contributed by atoms with Crippen molar-refractivity contribution in [3.8, 4) is 28.0 Å². The Balaban J connectivity index is 1.37. The number of hydrogen-bond donors (Lipinski definition) is 1. The molecule has 0 amide bonds. The molecule has 2 saturated heterocycles. The van der Waals surface area contributed by atoms with Crippen LogP contribution in [0.3, 0.4) is 0 Å². The summed E-state index contributed by atoms with van der Waals surface area (Å²) in [6, 6.07) is 10.5. The SMILES string of the molecule is CC(C)Nc1cc(-c2ccc3cc(C#N)cnn23)ncc1-c1nnc(N2C[C@@H]3C[C@H]2CO3)s1. The van der Waals surface area contributed by atoms with Crippen LogP contribution in [0.2, 0.25) is 0 Å². The predicted molar refractivity (Wildman–Crippen MR) is 126 cm³/mol. The summed E-state index contributed by atoms with van der Waals surface area (Å²) in [5, 5.41) is 27.9. The standard InChI is InChI=1S/C23H22N8OS/c1-13(2)27-19-7-20(21-4-3-15-5-14(8-24)9-26-31(15)21)25-10-18(19)22-28-29-23(33-22)30-11-17-6-16(30)12-32-17/h3-5,7,9-10,13,16-17H,6,11-12H2,1-2H3,(H,25,27)/t16-,17-/m0/s1. The molecule has 4 aromatic heterocycles. The van der Waals surface area contributed by atoms with E-state index in [0.29, 0.717) is 17.7 Å². The van der Waals surface area contributed by atoms with Gasteiger partial charge in [-0.2, -0.15) is 10.4 Å². The average molecular weight is 459 g/mol. The first-order valence-corrected chi connectivity index (χ1v) is 11.8. The summed E-state index contributed by atoms with van der Waals surface area (Å²) in [6.07, 6.45) is 4.81. The number of nitriles is 1. The van der Waals surface area contributed by atoms with E-state index in [1.165, 1.54) is 0 Å². The van der Waals surface area contributed by atoms with Gasteiger partial charge in [0.1, 0.15) is 6.07 Å². The number of ether oxygens (including phenoxy) is 1. The fourth-order valence-electron chi connectivity index (χ4n) is 4.52. The summed E-state index contributed by atoms with van der Waals surface area (Å²) in [5.41, 5.74) is 4.91. The lowest BCUT2D eigenvalue weighted by atomic mass is 10.1. The summed E-state index contributed by atoms with van der Waals surface area (Å²) in [7, 11) is 0. The molecule has 0 aliphatic carbocycles. The van der Waals surface area contributed by atoms with Gasteiger partial charge >= 0.3 is 0 Å². The molecule has 4 aromatic rings. The third-order valence-electron chi connectivity index (χ3n) is 6.03. The van der Waals surface area contributed by atoms with Crippen LogP contribution in [0.4, 0.5) is 10.8 Å². The zero-order chi connectivity index (χ0) is 22.5. The van der Waals surface area contributed by atoms with Crippen molar-refractivity contribution in [2.75, 3.05) is 23.4 Å². The highest BCUT2D eigenvalue weighted by atomic mass is 32.1. The fraction of sp³-hybridized carbons (Fsp3) is 0.348. The average Bonchev–Trinajstić information content (AvgIpc) is 3.61. The van der Waals surface area contributed by atoms with Gasteiger partial charge in [0, 0.05) is 24.5 Å². The lowest BCUT2D eigenvalue weighted by Crippen LogP contribution is -2.36. The molecule has 2 aliphatic rings. The quantitative estimate of drug-likeness (QED) is 0.484. The first-order chi connectivity index (χ1) is 16.1. The summed E-state index contributed by atoms with van der Waals surface area (Å²) < 4.78 is 7.52. The number of morpholine rings is 1. The number of pyridine rings is 1. The number of fused-ring (bicyclic) bond motifs is 3. The van der Waals surface area contributed by atoms with E-state index in [0.717, 1.165) is 57.9 Å². The lowest BCUT2D eigenvalue weighted by Gasteiger charge is -2.25. The molecule has 9 nitrogen and oxygen atoms in total. The molecule has 10 heteroatoms. The molecule has 0 spiro atoms. The van der Waals surface area contributed by atoms with E-state index in [-0.39, 0.29) is 6.04 Å². The predicted octanol–water partition coefficient (Wildman–Crippen LogP) is 3.58. The Labute approximate surface area is 194 Å². The first kappa shape index (κ1) is 20.1. The van der Waals surface area contributed by atoms with Crippen LogP contribution in [0.5, 0.6) is 0 Å². The van der Waals surface area contributed by atoms with Crippen molar-refractivity contribution in [1.82, 2.24) is 24.8 Å². The minimum atomic E-state index is 0.234. The number of hydrogen-bond acceptors (Lipinski definition) is 9. The largest absolute Gasteiger partial charge is 0.382 e. The van der Waals surface area contributed by atoms with Crippen LogP contribution in [0.25, 0.3) is 27.5 Å². The van der Waals surface area contributed by atoms with Gasteiger partial charge in [-0.25, -0.2) is 4.52 Å². The molecule has 33 heavy (non-hydrogen) atoms. The molecule has 2 atom stereocenters. The van der Waals surface area contributed by atoms with Gasteiger partial charge in [-0.1, -0.05) is 11.3 Å². The highest BCUT2D eigenvalue weighted by Gasteiger charge is 2.40. The van der Waals surface area contributed by atoms with Gasteiger partial charge in [0.2, 0.25) is 5.13 Å². The number of nitrogens with zero attached hydrogens (tertiary/aromatic N) is 7. The summed E-state index contributed by atoms with van der Waals surface area (Å²) in [4.78, 5) is 7.06. The van der Waals surface area contributed by atoms with Crippen LogP contribution < -0.4 is 10.2 Å². The van der Waals surface area contributed by atoms with Gasteiger partial charge in [-0.15, -0.1) is 10.2 Å². The van der Waals surface area contributed by atoms with Gasteiger partial charge in [0.15, 0.2) is 5.01 Å². The maximum Gasteiger partial charge on any atom is 0.209 e. The third-order valence-corrected chi connectivity index (χ3v) is 7.02. The molecule has 2 aliphatic heterocycles. The Hall–Kier alpha value is -3.55. The minimum absolute atomic E-state index is 0.234. The number of aromatic nitrogens is 5. The minimum Gasteiger partial charge on any atom is -0.382 e. The van der Waals surface area contributed by atoms with E-state index >= 15 is 0 Å². The van der Waals surface area contributed by atoms with Crippen LogP contribution in [0.1, 0.15) is 25.8 Å². The van der Waals surface area contributed by atoms with E-state index < -0.39 is 0 Å². The van der Waals surface area contributed by atoms with Crippen LogP contribution in [0, 0.1) is 11.3 Å². The highest BCUT2D eigenvalue weighted by Crippen LogP contribution is 2.39. The summed E-state index contributed by atoms with van der Waals surface area (Å²) in [5.74, 6) is 0. The lowest BCUT2D eigenvalue weighted by molar-refractivity contribution is 0.0991. The third kappa shape index (κ3) is 3.50. The molecule has 6 heterocycles. The van der Waals surface area contributed by atoms with Gasteiger partial charge in [0.25, 0.3) is 0 Å². The van der Waals surface area contributed by atoms with Crippen molar-refractivity contribution in [1.29, 1.82) is 5.26 Å². The van der Waals surface area contributed by atoms with Gasteiger partial charge in [-0.3, -0.25) is 4.98 Å². The number of anilines is 2. The Kier molecular flexibility index (Phi) is 4.74. The van der Waals surface area contributed by atoms with Crippen LogP contribution in [0.15, 0.2) is 36.7 Å². The second kappa shape index (κ2) is 7.79. The van der Waals surface area contributed by atoms with Gasteiger partial charge in [-0.05, 0) is 44.5 Å². The molecule has 0 unspecified atom stereocenters. The normalized spacial score (nSPS) is 19.5. The van der Waals surface area contributed by atoms with E-state index in [1.54, 1.807) is 22.0 Å². The molecule has 6 rings (SSSR count). The van der Waals surface area contributed by atoms with Crippen LogP contribution in [-0.2, 0) is 4.74 Å². The van der Waals surface area contributed by atoms with Crippen molar-refractivity contribution in [3.63, 3.8) is 0 Å². The molecule has 166 valence electrons. The second-order valence-corrected chi connectivity index (χ2v) is 9.67. The Morgan fingerprint density at radius 2 is 2.15 bits per heavy atom. The Morgan fingerprint density at radius 3 is 2.91 bits per heavy atom. The molecule has 0 aromatic carbocycles. The molecule has 0 saturated carbocycles. The zero-order valence-electron chi connectivity index (χ0n) is 18.3. The van der Waals surface area contributed by atoms with Crippen molar-refractivity contribution in [2.24, 2.45) is 0 Å². The van der Waals surface area contributed by atoms with Crippen LogP contribution >= 0.6 is 11.3 Å². The fourth-order valence-corrected chi connectivity index (χ4v) is 5.47. The molecule has 0 radical (unpaired) electrons. The molecular formula is C23H22N8OS.